The fourth-order valence-corrected chi connectivity index (χ4v) is 6.72. The van der Waals surface area contributed by atoms with Crippen LogP contribution in [0.1, 0.15) is 34.7 Å². The molecule has 1 aromatic heterocycles. The normalized spacial score (nSPS) is 14.4. The van der Waals surface area contributed by atoms with Crippen LogP contribution in [0.3, 0.4) is 0 Å². The van der Waals surface area contributed by atoms with Crippen molar-refractivity contribution in [2.24, 2.45) is 0 Å². The number of para-hydroxylation sites is 1. The molecule has 160 valence electrons. The molecule has 0 bridgehead atoms. The molecule has 2 aliphatic carbocycles. The molecular formula is C33H22O. The SMILES string of the molecule is CCc1cccc2c1oc1cc3c(cc12)-c1ccccc1C31c2ccccc2-c2ccccc21. The number of aryl methyl sites for hydroxylation is 1. The van der Waals surface area contributed by atoms with Crippen molar-refractivity contribution in [1.29, 1.82) is 0 Å². The molecule has 0 aliphatic heterocycles. The van der Waals surface area contributed by atoms with Gasteiger partial charge in [-0.3, -0.25) is 0 Å². The molecule has 0 saturated carbocycles. The summed E-state index contributed by atoms with van der Waals surface area (Å²) in [4.78, 5) is 0. The van der Waals surface area contributed by atoms with Gasteiger partial charge in [-0.05, 0) is 68.6 Å². The highest BCUT2D eigenvalue weighted by atomic mass is 16.3. The van der Waals surface area contributed by atoms with Crippen LogP contribution in [0.5, 0.6) is 0 Å². The Kier molecular flexibility index (Phi) is 3.38. The first-order chi connectivity index (χ1) is 16.8. The van der Waals surface area contributed by atoms with E-state index in [0.717, 1.165) is 17.6 Å². The van der Waals surface area contributed by atoms with Crippen LogP contribution < -0.4 is 0 Å². The van der Waals surface area contributed by atoms with Crippen molar-refractivity contribution in [1.82, 2.24) is 0 Å². The largest absolute Gasteiger partial charge is 0.456 e. The average molecular weight is 435 g/mol. The number of hydrogen-bond donors (Lipinski definition) is 0. The van der Waals surface area contributed by atoms with Crippen LogP contribution in [-0.2, 0) is 11.8 Å². The molecule has 0 amide bonds. The van der Waals surface area contributed by atoms with E-state index in [1.165, 1.54) is 60.8 Å². The molecule has 8 rings (SSSR count). The summed E-state index contributed by atoms with van der Waals surface area (Å²) in [6, 6.07) is 38.1. The van der Waals surface area contributed by atoms with E-state index in [9.17, 15) is 0 Å². The maximum Gasteiger partial charge on any atom is 0.138 e. The van der Waals surface area contributed by atoms with Gasteiger partial charge >= 0.3 is 0 Å². The monoisotopic (exact) mass is 434 g/mol. The topological polar surface area (TPSA) is 13.1 Å². The molecule has 1 heteroatoms. The van der Waals surface area contributed by atoms with Gasteiger partial charge in [0.1, 0.15) is 11.2 Å². The molecule has 0 fully saturated rings. The van der Waals surface area contributed by atoms with E-state index in [1.54, 1.807) is 0 Å². The minimum absolute atomic E-state index is 0.320. The van der Waals surface area contributed by atoms with Gasteiger partial charge in [-0.15, -0.1) is 0 Å². The van der Waals surface area contributed by atoms with Crippen LogP contribution in [0.4, 0.5) is 0 Å². The van der Waals surface area contributed by atoms with Crippen molar-refractivity contribution in [3.8, 4) is 22.3 Å². The second kappa shape index (κ2) is 6.27. The lowest BCUT2D eigenvalue weighted by atomic mass is 9.70. The lowest BCUT2D eigenvalue weighted by molar-refractivity contribution is 0.661. The molecule has 5 aromatic carbocycles. The van der Waals surface area contributed by atoms with Gasteiger partial charge in [-0.25, -0.2) is 0 Å². The van der Waals surface area contributed by atoms with Gasteiger partial charge in [-0.2, -0.15) is 0 Å². The standard InChI is InChI=1S/C33H22O/c1-2-20-10-9-14-24-26-18-25-23-13-5-8-17-29(23)33(30(25)19-31(26)34-32(20)24)27-15-6-3-11-21(27)22-12-4-7-16-28(22)33/h3-19H,2H2,1H3. The zero-order valence-electron chi connectivity index (χ0n) is 18.9. The number of fused-ring (bicyclic) bond motifs is 13. The average Bonchev–Trinajstić information content (AvgIpc) is 3.51. The van der Waals surface area contributed by atoms with E-state index >= 15 is 0 Å². The summed E-state index contributed by atoms with van der Waals surface area (Å²) in [5.74, 6) is 0. The lowest BCUT2D eigenvalue weighted by Crippen LogP contribution is -2.25. The fraction of sp³-hybridized carbons (Fsp3) is 0.0909. The molecular weight excluding hydrogens is 412 g/mol. The molecule has 2 aliphatic rings. The molecule has 1 nitrogen and oxygen atoms in total. The minimum Gasteiger partial charge on any atom is -0.456 e. The second-order valence-electron chi connectivity index (χ2n) is 9.53. The first-order valence-corrected chi connectivity index (χ1v) is 12.1. The Labute approximate surface area is 198 Å². The van der Waals surface area contributed by atoms with E-state index < -0.39 is 0 Å². The van der Waals surface area contributed by atoms with E-state index in [-0.39, 0.29) is 5.41 Å². The van der Waals surface area contributed by atoms with E-state index in [1.807, 2.05) is 0 Å². The summed E-state index contributed by atoms with van der Waals surface area (Å²) in [5, 5.41) is 2.42. The zero-order valence-corrected chi connectivity index (χ0v) is 18.9. The second-order valence-corrected chi connectivity index (χ2v) is 9.53. The van der Waals surface area contributed by atoms with Crippen LogP contribution in [0.2, 0.25) is 0 Å². The van der Waals surface area contributed by atoms with Gasteiger partial charge in [0.25, 0.3) is 0 Å². The third-order valence-electron chi connectivity index (χ3n) is 8.08. The number of rotatable bonds is 1. The van der Waals surface area contributed by atoms with Gasteiger partial charge in [0.15, 0.2) is 0 Å². The van der Waals surface area contributed by atoms with Crippen LogP contribution >= 0.6 is 0 Å². The van der Waals surface area contributed by atoms with Gasteiger partial charge in [0.05, 0.1) is 5.41 Å². The molecule has 34 heavy (non-hydrogen) atoms. The summed E-state index contributed by atoms with van der Waals surface area (Å²) >= 11 is 0. The van der Waals surface area contributed by atoms with Crippen molar-refractivity contribution in [2.75, 3.05) is 0 Å². The molecule has 6 aromatic rings. The third kappa shape index (κ3) is 1.98. The van der Waals surface area contributed by atoms with Crippen LogP contribution in [0.25, 0.3) is 44.2 Å². The van der Waals surface area contributed by atoms with Gasteiger partial charge in [0, 0.05) is 10.8 Å². The number of benzene rings is 5. The minimum atomic E-state index is -0.320. The molecule has 1 spiro atoms. The Morgan fingerprint density at radius 1 is 0.559 bits per heavy atom. The Hall–Kier alpha value is -4.10. The lowest BCUT2D eigenvalue weighted by Gasteiger charge is -2.30. The highest BCUT2D eigenvalue weighted by molar-refractivity contribution is 6.09. The molecule has 0 N–H and O–H groups in total. The molecule has 0 radical (unpaired) electrons. The summed E-state index contributed by atoms with van der Waals surface area (Å²) < 4.78 is 6.58. The Bertz CT molecular complexity index is 1750. The molecule has 0 atom stereocenters. The van der Waals surface area contributed by atoms with Gasteiger partial charge in [-0.1, -0.05) is 97.9 Å². The maximum absolute atomic E-state index is 6.58. The summed E-state index contributed by atoms with van der Waals surface area (Å²) in [5.41, 5.74) is 13.7. The van der Waals surface area contributed by atoms with E-state index in [4.69, 9.17) is 4.42 Å². The quantitative estimate of drug-likeness (QED) is 0.252. The highest BCUT2D eigenvalue weighted by Crippen LogP contribution is 2.63. The summed E-state index contributed by atoms with van der Waals surface area (Å²) in [6.07, 6.45) is 0.963. The zero-order chi connectivity index (χ0) is 22.4. The van der Waals surface area contributed by atoms with E-state index in [0.29, 0.717) is 0 Å². The fourth-order valence-electron chi connectivity index (χ4n) is 6.72. The van der Waals surface area contributed by atoms with Gasteiger partial charge in [0.2, 0.25) is 0 Å². The molecule has 0 unspecified atom stereocenters. The Balaban J connectivity index is 1.58. The Morgan fingerprint density at radius 3 is 1.76 bits per heavy atom. The predicted molar refractivity (Wildman–Crippen MR) is 139 cm³/mol. The predicted octanol–water partition coefficient (Wildman–Crippen LogP) is 8.49. The van der Waals surface area contributed by atoms with Crippen molar-refractivity contribution >= 4 is 21.9 Å². The number of hydrogen-bond acceptors (Lipinski definition) is 1. The first-order valence-electron chi connectivity index (χ1n) is 12.1. The van der Waals surface area contributed by atoms with Crippen LogP contribution in [0, 0.1) is 0 Å². The Morgan fingerprint density at radius 2 is 1.15 bits per heavy atom. The third-order valence-corrected chi connectivity index (χ3v) is 8.08. The van der Waals surface area contributed by atoms with E-state index in [2.05, 4.69) is 110 Å². The summed E-state index contributed by atoms with van der Waals surface area (Å²) in [7, 11) is 0. The smallest absolute Gasteiger partial charge is 0.138 e. The van der Waals surface area contributed by atoms with Crippen molar-refractivity contribution in [3.05, 3.63) is 131 Å². The molecule has 1 heterocycles. The maximum atomic E-state index is 6.58. The van der Waals surface area contributed by atoms with Crippen molar-refractivity contribution < 1.29 is 4.42 Å². The van der Waals surface area contributed by atoms with Gasteiger partial charge < -0.3 is 4.42 Å². The van der Waals surface area contributed by atoms with Crippen molar-refractivity contribution in [3.63, 3.8) is 0 Å². The van der Waals surface area contributed by atoms with Crippen LogP contribution in [-0.4, -0.2) is 0 Å². The van der Waals surface area contributed by atoms with Crippen molar-refractivity contribution in [2.45, 2.75) is 18.8 Å². The van der Waals surface area contributed by atoms with Crippen LogP contribution in [0.15, 0.2) is 108 Å². The first kappa shape index (κ1) is 18.3. The number of furan rings is 1. The molecule has 0 saturated heterocycles. The highest BCUT2D eigenvalue weighted by Gasteiger charge is 2.51. The summed E-state index contributed by atoms with van der Waals surface area (Å²) in [6.45, 7) is 2.19.